The Morgan fingerprint density at radius 2 is 1.85 bits per heavy atom. The van der Waals surface area contributed by atoms with Crippen molar-refractivity contribution in [3.8, 4) is 5.75 Å². The number of methoxy groups -OCH3 is 1. The van der Waals surface area contributed by atoms with Crippen molar-refractivity contribution in [2.45, 2.75) is 38.6 Å². The van der Waals surface area contributed by atoms with Gasteiger partial charge in [0.05, 0.1) is 19.2 Å². The van der Waals surface area contributed by atoms with Crippen LogP contribution in [0.15, 0.2) is 48.5 Å². The maximum Gasteiger partial charge on any atom is 0.256 e. The van der Waals surface area contributed by atoms with E-state index in [0.717, 1.165) is 24.9 Å². The van der Waals surface area contributed by atoms with Crippen molar-refractivity contribution in [2.75, 3.05) is 17.3 Å². The largest absolute Gasteiger partial charge is 0.495 e. The molecule has 0 bridgehead atoms. The highest BCUT2D eigenvalue weighted by Gasteiger charge is 2.40. The Hall–Kier alpha value is -2.82. The molecule has 1 unspecified atom stereocenters. The van der Waals surface area contributed by atoms with E-state index in [0.29, 0.717) is 11.4 Å². The number of nitrogens with one attached hydrogen (secondary N) is 1. The fourth-order valence-electron chi connectivity index (χ4n) is 3.16. The minimum absolute atomic E-state index is 0.133. The van der Waals surface area contributed by atoms with Crippen LogP contribution < -0.4 is 15.0 Å². The van der Waals surface area contributed by atoms with Gasteiger partial charge in [-0.05, 0) is 42.7 Å². The number of carbonyl (C=O) groups is 2. The summed E-state index contributed by atoms with van der Waals surface area (Å²) in [6.45, 7) is 2.17. The molecule has 3 rings (SSSR count). The Labute approximate surface area is 154 Å². The smallest absolute Gasteiger partial charge is 0.256 e. The molecule has 1 heterocycles. The fraction of sp³-hybridized carbons (Fsp3) is 0.333. The Morgan fingerprint density at radius 3 is 2.54 bits per heavy atom. The molecule has 0 aromatic heterocycles. The maximum atomic E-state index is 12.8. The van der Waals surface area contributed by atoms with Crippen LogP contribution in [0.1, 0.15) is 31.7 Å². The first kappa shape index (κ1) is 18.0. The number of ether oxygens (including phenoxy) is 1. The minimum Gasteiger partial charge on any atom is -0.495 e. The molecule has 1 saturated heterocycles. The first-order chi connectivity index (χ1) is 12.6. The summed E-state index contributed by atoms with van der Waals surface area (Å²) >= 11 is 0. The molecule has 5 heteroatoms. The lowest BCUT2D eigenvalue weighted by Crippen LogP contribution is -2.35. The second kappa shape index (κ2) is 8.04. The highest BCUT2D eigenvalue weighted by atomic mass is 16.5. The number of rotatable bonds is 7. The van der Waals surface area contributed by atoms with E-state index in [4.69, 9.17) is 4.74 Å². The van der Waals surface area contributed by atoms with Crippen LogP contribution in [0.3, 0.4) is 0 Å². The summed E-state index contributed by atoms with van der Waals surface area (Å²) in [4.78, 5) is 26.4. The van der Waals surface area contributed by atoms with Crippen molar-refractivity contribution in [1.82, 2.24) is 0 Å². The second-order valence-corrected chi connectivity index (χ2v) is 6.44. The molecule has 2 aromatic rings. The lowest BCUT2D eigenvalue weighted by atomic mass is 10.1. The molecule has 0 saturated carbocycles. The van der Waals surface area contributed by atoms with Crippen molar-refractivity contribution in [1.29, 1.82) is 0 Å². The molecule has 0 radical (unpaired) electrons. The number of carbonyl (C=O) groups excluding carboxylic acids is 2. The van der Waals surface area contributed by atoms with Gasteiger partial charge in [0.25, 0.3) is 5.91 Å². The van der Waals surface area contributed by atoms with Crippen LogP contribution in [-0.2, 0) is 16.0 Å². The maximum absolute atomic E-state index is 12.8. The van der Waals surface area contributed by atoms with Crippen LogP contribution in [0.4, 0.5) is 11.4 Å². The highest BCUT2D eigenvalue weighted by Crippen LogP contribution is 2.32. The molecule has 1 fully saturated rings. The number of unbranched alkanes of at least 4 members (excludes halogenated alkanes) is 1. The third-order valence-corrected chi connectivity index (χ3v) is 4.59. The molecule has 1 aliphatic heterocycles. The van der Waals surface area contributed by atoms with Gasteiger partial charge in [0.2, 0.25) is 5.91 Å². The van der Waals surface area contributed by atoms with Crippen molar-refractivity contribution >= 4 is 23.2 Å². The molecule has 26 heavy (non-hydrogen) atoms. The van der Waals surface area contributed by atoms with Crippen LogP contribution in [0.5, 0.6) is 5.75 Å². The van der Waals surface area contributed by atoms with Gasteiger partial charge in [-0.2, -0.15) is 0 Å². The third kappa shape index (κ3) is 3.72. The summed E-state index contributed by atoms with van der Waals surface area (Å²) in [5.74, 6) is 0.0289. The summed E-state index contributed by atoms with van der Waals surface area (Å²) < 4.78 is 5.29. The van der Waals surface area contributed by atoms with Crippen LogP contribution in [-0.4, -0.2) is 25.0 Å². The molecule has 1 aliphatic rings. The van der Waals surface area contributed by atoms with Gasteiger partial charge in [0.1, 0.15) is 11.8 Å². The molecule has 2 amide bonds. The minimum atomic E-state index is -0.561. The predicted molar refractivity (Wildman–Crippen MR) is 103 cm³/mol. The van der Waals surface area contributed by atoms with E-state index in [1.54, 1.807) is 18.2 Å². The van der Waals surface area contributed by atoms with E-state index in [2.05, 4.69) is 24.4 Å². The van der Waals surface area contributed by atoms with Crippen molar-refractivity contribution < 1.29 is 14.3 Å². The van der Waals surface area contributed by atoms with E-state index in [1.807, 2.05) is 18.2 Å². The summed E-state index contributed by atoms with van der Waals surface area (Å²) in [5, 5.41) is 3.19. The number of benzene rings is 2. The first-order valence-electron chi connectivity index (χ1n) is 8.99. The van der Waals surface area contributed by atoms with Gasteiger partial charge in [-0.3, -0.25) is 9.59 Å². The lowest BCUT2D eigenvalue weighted by Gasteiger charge is -2.18. The summed E-state index contributed by atoms with van der Waals surface area (Å²) in [7, 11) is 1.53. The number of hydrogen-bond acceptors (Lipinski definition) is 4. The zero-order valence-corrected chi connectivity index (χ0v) is 15.2. The van der Waals surface area contributed by atoms with Crippen LogP contribution in [0.2, 0.25) is 0 Å². The molecular formula is C21H24N2O3. The van der Waals surface area contributed by atoms with Crippen LogP contribution >= 0.6 is 0 Å². The predicted octanol–water partition coefficient (Wildman–Crippen LogP) is 3.78. The molecule has 2 aromatic carbocycles. The topological polar surface area (TPSA) is 58.6 Å². The molecule has 5 nitrogen and oxygen atoms in total. The Kier molecular flexibility index (Phi) is 5.56. The molecule has 1 N–H and O–H groups in total. The van der Waals surface area contributed by atoms with Gasteiger partial charge in [-0.15, -0.1) is 0 Å². The number of nitrogens with zero attached hydrogens (tertiary/aromatic N) is 1. The van der Waals surface area contributed by atoms with Gasteiger partial charge in [-0.1, -0.05) is 37.6 Å². The van der Waals surface area contributed by atoms with Crippen LogP contribution in [0.25, 0.3) is 0 Å². The third-order valence-electron chi connectivity index (χ3n) is 4.59. The Bertz CT molecular complexity index is 786. The number of hydrogen-bond donors (Lipinski definition) is 1. The van der Waals surface area contributed by atoms with Crippen molar-refractivity contribution in [3.05, 3.63) is 54.1 Å². The standard InChI is InChI=1S/C21H24N2O3/c1-3-4-7-15-10-12-16(13-11-15)22-17-14-20(24)23(21(17)25)18-8-5-6-9-19(18)26-2/h5-6,8-13,17,22H,3-4,7,14H2,1-2H3. The van der Waals surface area contributed by atoms with E-state index < -0.39 is 6.04 Å². The Morgan fingerprint density at radius 1 is 1.12 bits per heavy atom. The monoisotopic (exact) mass is 352 g/mol. The number of para-hydroxylation sites is 2. The van der Waals surface area contributed by atoms with E-state index in [9.17, 15) is 9.59 Å². The zero-order valence-electron chi connectivity index (χ0n) is 15.2. The fourth-order valence-corrected chi connectivity index (χ4v) is 3.16. The average Bonchev–Trinajstić information content (AvgIpc) is 2.94. The molecule has 0 aliphatic carbocycles. The molecular weight excluding hydrogens is 328 g/mol. The van der Waals surface area contributed by atoms with E-state index in [1.165, 1.54) is 17.6 Å². The van der Waals surface area contributed by atoms with Gasteiger partial charge in [-0.25, -0.2) is 4.90 Å². The van der Waals surface area contributed by atoms with Crippen molar-refractivity contribution in [3.63, 3.8) is 0 Å². The lowest BCUT2D eigenvalue weighted by molar-refractivity contribution is -0.121. The number of aryl methyl sites for hydroxylation is 1. The molecule has 1 atom stereocenters. The summed E-state index contributed by atoms with van der Waals surface area (Å²) in [5.41, 5.74) is 2.62. The van der Waals surface area contributed by atoms with Crippen molar-refractivity contribution in [2.24, 2.45) is 0 Å². The van der Waals surface area contributed by atoms with Gasteiger partial charge < -0.3 is 10.1 Å². The SMILES string of the molecule is CCCCc1ccc(NC2CC(=O)N(c3ccccc3OC)C2=O)cc1. The summed E-state index contributed by atoms with van der Waals surface area (Å²) in [6, 6.07) is 14.6. The average molecular weight is 352 g/mol. The van der Waals surface area contributed by atoms with Gasteiger partial charge in [0.15, 0.2) is 0 Å². The number of anilines is 2. The number of imide groups is 1. The quantitative estimate of drug-likeness (QED) is 0.771. The second-order valence-electron chi connectivity index (χ2n) is 6.44. The van der Waals surface area contributed by atoms with Gasteiger partial charge in [0, 0.05) is 5.69 Å². The van der Waals surface area contributed by atoms with Crippen LogP contribution in [0, 0.1) is 0 Å². The van der Waals surface area contributed by atoms with E-state index in [-0.39, 0.29) is 18.2 Å². The summed E-state index contributed by atoms with van der Waals surface area (Å²) in [6.07, 6.45) is 3.52. The molecule has 136 valence electrons. The Balaban J connectivity index is 1.73. The zero-order chi connectivity index (χ0) is 18.5. The number of amides is 2. The normalized spacial score (nSPS) is 16.8. The van der Waals surface area contributed by atoms with Gasteiger partial charge >= 0.3 is 0 Å². The highest BCUT2D eigenvalue weighted by molar-refractivity contribution is 6.23. The first-order valence-corrected chi connectivity index (χ1v) is 8.99. The van der Waals surface area contributed by atoms with E-state index >= 15 is 0 Å². The molecule has 0 spiro atoms.